The van der Waals surface area contributed by atoms with Gasteiger partial charge >= 0.3 is 0 Å². The molecular formula is C28H19Cl2N3O2S2. The SMILES string of the molecule is O=C(C=Cc1ccc(-c2cccc(Cl)c2Cl)o1)NC(=S)NCc1ccc(-c2nc3ccccc3s2)cc1. The van der Waals surface area contributed by atoms with Crippen molar-refractivity contribution in [3.8, 4) is 21.9 Å². The summed E-state index contributed by atoms with van der Waals surface area (Å²) in [5.74, 6) is 0.676. The van der Waals surface area contributed by atoms with Crippen LogP contribution >= 0.6 is 46.8 Å². The lowest BCUT2D eigenvalue weighted by atomic mass is 10.1. The Morgan fingerprint density at radius 3 is 2.62 bits per heavy atom. The Hall–Kier alpha value is -3.49. The van der Waals surface area contributed by atoms with Gasteiger partial charge in [0.15, 0.2) is 5.11 Å². The van der Waals surface area contributed by atoms with Crippen LogP contribution in [0.2, 0.25) is 10.0 Å². The molecule has 3 aromatic carbocycles. The van der Waals surface area contributed by atoms with E-state index in [1.807, 2.05) is 48.5 Å². The Balaban J connectivity index is 1.12. The third kappa shape index (κ3) is 6.09. The lowest BCUT2D eigenvalue weighted by Crippen LogP contribution is -2.37. The minimum Gasteiger partial charge on any atom is -0.457 e. The monoisotopic (exact) mass is 563 g/mol. The van der Waals surface area contributed by atoms with E-state index in [0.29, 0.717) is 33.7 Å². The summed E-state index contributed by atoms with van der Waals surface area (Å²) in [6.07, 6.45) is 2.91. The number of carbonyl (C=O) groups excluding carboxylic acids is 1. The first kappa shape index (κ1) is 25.2. The van der Waals surface area contributed by atoms with Crippen LogP contribution in [0.15, 0.2) is 89.4 Å². The van der Waals surface area contributed by atoms with Gasteiger partial charge in [-0.2, -0.15) is 0 Å². The summed E-state index contributed by atoms with van der Waals surface area (Å²) >= 11 is 19.2. The van der Waals surface area contributed by atoms with E-state index in [-0.39, 0.29) is 11.0 Å². The molecule has 0 atom stereocenters. The average molecular weight is 565 g/mol. The van der Waals surface area contributed by atoms with Gasteiger partial charge in [0.1, 0.15) is 16.5 Å². The molecule has 0 aliphatic rings. The Morgan fingerprint density at radius 1 is 1.00 bits per heavy atom. The molecule has 5 nitrogen and oxygen atoms in total. The predicted octanol–water partition coefficient (Wildman–Crippen LogP) is 7.73. The van der Waals surface area contributed by atoms with E-state index in [9.17, 15) is 4.79 Å². The molecule has 0 unspecified atom stereocenters. The molecule has 0 saturated carbocycles. The lowest BCUT2D eigenvalue weighted by Gasteiger charge is -2.08. The van der Waals surface area contributed by atoms with Gasteiger partial charge in [-0.25, -0.2) is 4.98 Å². The van der Waals surface area contributed by atoms with E-state index < -0.39 is 0 Å². The van der Waals surface area contributed by atoms with Gasteiger partial charge in [0, 0.05) is 23.7 Å². The summed E-state index contributed by atoms with van der Waals surface area (Å²) in [7, 11) is 0. The summed E-state index contributed by atoms with van der Waals surface area (Å²) in [5.41, 5.74) is 3.77. The number of thiazole rings is 1. The Bertz CT molecular complexity index is 1590. The highest BCUT2D eigenvalue weighted by Crippen LogP contribution is 2.34. The average Bonchev–Trinajstić information content (AvgIpc) is 3.55. The largest absolute Gasteiger partial charge is 0.457 e. The molecule has 184 valence electrons. The maximum absolute atomic E-state index is 12.3. The highest BCUT2D eigenvalue weighted by molar-refractivity contribution is 7.80. The van der Waals surface area contributed by atoms with E-state index in [1.54, 1.807) is 41.7 Å². The molecule has 2 aromatic heterocycles. The van der Waals surface area contributed by atoms with Crippen molar-refractivity contribution in [2.75, 3.05) is 0 Å². The van der Waals surface area contributed by atoms with Gasteiger partial charge in [0.2, 0.25) is 5.91 Å². The second-order valence-corrected chi connectivity index (χ2v) is 10.2. The van der Waals surface area contributed by atoms with Crippen LogP contribution in [0.5, 0.6) is 0 Å². The van der Waals surface area contributed by atoms with Crippen LogP contribution in [-0.4, -0.2) is 16.0 Å². The second-order valence-electron chi connectivity index (χ2n) is 7.99. The minimum atomic E-state index is -0.373. The van der Waals surface area contributed by atoms with Crippen molar-refractivity contribution in [3.63, 3.8) is 0 Å². The molecule has 0 aliphatic carbocycles. The number of benzene rings is 3. The van der Waals surface area contributed by atoms with Gasteiger partial charge < -0.3 is 9.73 Å². The van der Waals surface area contributed by atoms with E-state index in [2.05, 4.69) is 16.7 Å². The summed E-state index contributed by atoms with van der Waals surface area (Å²) in [6, 6.07) is 25.0. The normalized spacial score (nSPS) is 11.2. The predicted molar refractivity (Wildman–Crippen MR) is 156 cm³/mol. The van der Waals surface area contributed by atoms with E-state index in [1.165, 1.54) is 6.08 Å². The van der Waals surface area contributed by atoms with Crippen molar-refractivity contribution in [2.45, 2.75) is 6.54 Å². The number of furan rings is 1. The first-order valence-electron chi connectivity index (χ1n) is 11.2. The first-order chi connectivity index (χ1) is 18.0. The Morgan fingerprint density at radius 2 is 1.81 bits per heavy atom. The quantitative estimate of drug-likeness (QED) is 0.163. The van der Waals surface area contributed by atoms with Crippen LogP contribution in [0.4, 0.5) is 0 Å². The number of rotatable bonds is 6. The molecule has 1 amide bonds. The Labute approximate surface area is 232 Å². The number of hydrogen-bond donors (Lipinski definition) is 2. The highest BCUT2D eigenvalue weighted by atomic mass is 35.5. The first-order valence-corrected chi connectivity index (χ1v) is 13.2. The molecule has 37 heavy (non-hydrogen) atoms. The standard InChI is InChI=1S/C28H19Cl2N3O2S2/c29-21-5-3-4-20(26(21)30)23-14-12-19(35-23)13-15-25(34)33-28(36)31-16-17-8-10-18(11-9-17)27-32-22-6-1-2-7-24(22)37-27/h1-15H,16H2,(H2,31,33,34,36). The number of aromatic nitrogens is 1. The minimum absolute atomic E-state index is 0.232. The fourth-order valence-electron chi connectivity index (χ4n) is 3.58. The molecule has 0 aliphatic heterocycles. The fourth-order valence-corrected chi connectivity index (χ4v) is 5.12. The van der Waals surface area contributed by atoms with Crippen LogP contribution in [0.3, 0.4) is 0 Å². The Kier molecular flexibility index (Phi) is 7.67. The summed E-state index contributed by atoms with van der Waals surface area (Å²) in [4.78, 5) is 17.0. The smallest absolute Gasteiger partial charge is 0.250 e. The van der Waals surface area contributed by atoms with E-state index in [4.69, 9.17) is 44.8 Å². The molecule has 5 aromatic rings. The number of fused-ring (bicyclic) bond motifs is 1. The summed E-state index contributed by atoms with van der Waals surface area (Å²) < 4.78 is 6.93. The third-order valence-corrected chi connectivity index (χ3v) is 7.58. The van der Waals surface area contributed by atoms with Gasteiger partial charge in [-0.1, -0.05) is 65.7 Å². The molecule has 2 N–H and O–H groups in total. The molecule has 0 spiro atoms. The molecule has 0 fully saturated rings. The molecule has 9 heteroatoms. The molecule has 0 saturated heterocycles. The molecule has 5 rings (SSSR count). The number of halogens is 2. The maximum atomic E-state index is 12.3. The number of hydrogen-bond acceptors (Lipinski definition) is 5. The van der Waals surface area contributed by atoms with Gasteiger partial charge in [0.05, 0.1) is 20.3 Å². The van der Waals surface area contributed by atoms with Crippen molar-refractivity contribution in [3.05, 3.63) is 106 Å². The number of nitrogens with one attached hydrogen (secondary N) is 2. The lowest BCUT2D eigenvalue weighted by molar-refractivity contribution is -0.115. The van der Waals surface area contributed by atoms with Crippen LogP contribution in [0.1, 0.15) is 11.3 Å². The van der Waals surface area contributed by atoms with E-state index in [0.717, 1.165) is 26.4 Å². The fraction of sp³-hybridized carbons (Fsp3) is 0.0357. The van der Waals surface area contributed by atoms with Crippen molar-refractivity contribution >= 4 is 74.1 Å². The number of nitrogens with zero attached hydrogens (tertiary/aromatic N) is 1. The maximum Gasteiger partial charge on any atom is 0.250 e. The molecule has 0 bridgehead atoms. The zero-order valence-electron chi connectivity index (χ0n) is 19.2. The van der Waals surface area contributed by atoms with Crippen LogP contribution in [0.25, 0.3) is 38.2 Å². The van der Waals surface area contributed by atoms with Crippen molar-refractivity contribution < 1.29 is 9.21 Å². The van der Waals surface area contributed by atoms with Crippen molar-refractivity contribution in [1.82, 2.24) is 15.6 Å². The van der Waals surface area contributed by atoms with Gasteiger partial charge in [-0.05, 0) is 60.3 Å². The number of thiocarbonyl (C=S) groups is 1. The van der Waals surface area contributed by atoms with Crippen LogP contribution < -0.4 is 10.6 Å². The molecule has 0 radical (unpaired) electrons. The highest BCUT2D eigenvalue weighted by Gasteiger charge is 2.11. The van der Waals surface area contributed by atoms with Crippen LogP contribution in [-0.2, 0) is 11.3 Å². The zero-order chi connectivity index (χ0) is 25.8. The summed E-state index contributed by atoms with van der Waals surface area (Å²) in [6.45, 7) is 0.477. The van der Waals surface area contributed by atoms with Crippen molar-refractivity contribution in [2.24, 2.45) is 0 Å². The van der Waals surface area contributed by atoms with Gasteiger partial charge in [-0.15, -0.1) is 11.3 Å². The summed E-state index contributed by atoms with van der Waals surface area (Å²) in [5, 5.41) is 7.75. The third-order valence-electron chi connectivity index (χ3n) is 5.43. The molecular weight excluding hydrogens is 545 g/mol. The second kappa shape index (κ2) is 11.3. The van der Waals surface area contributed by atoms with Crippen molar-refractivity contribution in [1.29, 1.82) is 0 Å². The van der Waals surface area contributed by atoms with E-state index >= 15 is 0 Å². The van der Waals surface area contributed by atoms with Crippen LogP contribution in [0, 0.1) is 0 Å². The van der Waals surface area contributed by atoms with Gasteiger partial charge in [0.25, 0.3) is 0 Å². The topological polar surface area (TPSA) is 67.2 Å². The number of amides is 1. The molecule has 2 heterocycles. The number of para-hydroxylation sites is 1. The zero-order valence-corrected chi connectivity index (χ0v) is 22.3. The van der Waals surface area contributed by atoms with Gasteiger partial charge in [-0.3, -0.25) is 10.1 Å². The number of carbonyl (C=O) groups is 1.